The molecule has 0 aromatic heterocycles. The van der Waals surface area contributed by atoms with Crippen molar-refractivity contribution in [3.05, 3.63) is 0 Å². The van der Waals surface area contributed by atoms with Gasteiger partial charge in [-0.2, -0.15) is 0 Å². The van der Waals surface area contributed by atoms with E-state index in [4.69, 9.17) is 0 Å². The third-order valence-electron chi connectivity index (χ3n) is 6.79. The number of aliphatic hydroxyl groups is 2. The molecule has 17 heavy (non-hydrogen) atoms. The molecule has 98 valence electrons. The van der Waals surface area contributed by atoms with Gasteiger partial charge in [-0.1, -0.05) is 20.8 Å². The van der Waals surface area contributed by atoms with Gasteiger partial charge in [-0.3, -0.25) is 0 Å². The molecule has 1 spiro atoms. The van der Waals surface area contributed by atoms with Crippen LogP contribution in [0.1, 0.15) is 53.4 Å². The smallest absolute Gasteiger partial charge is 0.0678 e. The standard InChI is InChI=1S/C15H26O2/c1-9-5-6-10-13(2,3)11-7-15(9,10)12(16)8-14(11,4)17/h9-12,16-17H,5-8H2,1-4H3/t9-,10+,11-,12-,14-,15-/m1/s1. The number of hydrogen-bond donors (Lipinski definition) is 2. The molecule has 0 saturated heterocycles. The third-order valence-corrected chi connectivity index (χ3v) is 6.79. The molecular formula is C15H26O2. The van der Waals surface area contributed by atoms with E-state index in [2.05, 4.69) is 20.8 Å². The lowest BCUT2D eigenvalue weighted by Crippen LogP contribution is -2.50. The van der Waals surface area contributed by atoms with Gasteiger partial charge in [-0.15, -0.1) is 0 Å². The van der Waals surface area contributed by atoms with Crippen LogP contribution in [0.5, 0.6) is 0 Å². The summed E-state index contributed by atoms with van der Waals surface area (Å²) in [5.74, 6) is 1.56. The van der Waals surface area contributed by atoms with Gasteiger partial charge < -0.3 is 10.2 Å². The number of aliphatic hydroxyl groups excluding tert-OH is 1. The lowest BCUT2D eigenvalue weighted by Gasteiger charge is -2.47. The van der Waals surface area contributed by atoms with Crippen LogP contribution in [0.15, 0.2) is 0 Å². The largest absolute Gasteiger partial charge is 0.392 e. The first-order valence-corrected chi connectivity index (χ1v) is 7.13. The Kier molecular flexibility index (Phi) is 2.17. The molecular weight excluding hydrogens is 212 g/mol. The summed E-state index contributed by atoms with van der Waals surface area (Å²) >= 11 is 0. The first-order valence-electron chi connectivity index (χ1n) is 7.13. The van der Waals surface area contributed by atoms with E-state index in [0.717, 1.165) is 6.42 Å². The Morgan fingerprint density at radius 1 is 1.00 bits per heavy atom. The molecule has 0 amide bonds. The van der Waals surface area contributed by atoms with Gasteiger partial charge >= 0.3 is 0 Å². The molecule has 2 N–H and O–H groups in total. The zero-order chi connectivity index (χ0) is 12.6. The van der Waals surface area contributed by atoms with Gasteiger partial charge in [0.2, 0.25) is 0 Å². The van der Waals surface area contributed by atoms with Gasteiger partial charge in [-0.25, -0.2) is 0 Å². The molecule has 2 heteroatoms. The summed E-state index contributed by atoms with van der Waals surface area (Å²) in [6.45, 7) is 8.87. The van der Waals surface area contributed by atoms with Gasteiger partial charge in [0.15, 0.2) is 0 Å². The van der Waals surface area contributed by atoms with Crippen molar-refractivity contribution in [1.29, 1.82) is 0 Å². The van der Waals surface area contributed by atoms with Crippen LogP contribution in [-0.4, -0.2) is 21.9 Å². The zero-order valence-corrected chi connectivity index (χ0v) is 11.5. The van der Waals surface area contributed by atoms with Crippen LogP contribution in [0.2, 0.25) is 0 Å². The fraction of sp³-hybridized carbons (Fsp3) is 1.00. The van der Waals surface area contributed by atoms with Crippen molar-refractivity contribution in [3.8, 4) is 0 Å². The molecule has 3 rings (SSSR count). The van der Waals surface area contributed by atoms with Crippen molar-refractivity contribution < 1.29 is 10.2 Å². The highest BCUT2D eigenvalue weighted by molar-refractivity contribution is 5.19. The first-order chi connectivity index (χ1) is 7.73. The molecule has 2 bridgehead atoms. The summed E-state index contributed by atoms with van der Waals surface area (Å²) in [4.78, 5) is 0. The Labute approximate surface area is 104 Å². The second-order valence-electron chi connectivity index (χ2n) is 7.80. The molecule has 3 saturated carbocycles. The molecule has 0 aromatic carbocycles. The van der Waals surface area contributed by atoms with Gasteiger partial charge in [0.25, 0.3) is 0 Å². The van der Waals surface area contributed by atoms with E-state index in [0.29, 0.717) is 24.2 Å². The molecule has 0 unspecified atom stereocenters. The summed E-state index contributed by atoms with van der Waals surface area (Å²) < 4.78 is 0. The maximum Gasteiger partial charge on any atom is 0.0678 e. The van der Waals surface area contributed by atoms with Crippen molar-refractivity contribution in [2.24, 2.45) is 28.6 Å². The highest BCUT2D eigenvalue weighted by Gasteiger charge is 2.70. The lowest BCUT2D eigenvalue weighted by molar-refractivity contribution is -0.127. The summed E-state index contributed by atoms with van der Waals surface area (Å²) in [6.07, 6.45) is 3.78. The Bertz CT molecular complexity index is 347. The van der Waals surface area contributed by atoms with Crippen molar-refractivity contribution in [1.82, 2.24) is 0 Å². The van der Waals surface area contributed by atoms with E-state index in [9.17, 15) is 10.2 Å². The van der Waals surface area contributed by atoms with Crippen LogP contribution in [0.25, 0.3) is 0 Å². The maximum absolute atomic E-state index is 10.6. The third kappa shape index (κ3) is 1.19. The van der Waals surface area contributed by atoms with Crippen LogP contribution in [0, 0.1) is 28.6 Å². The highest BCUT2D eigenvalue weighted by atomic mass is 16.3. The average molecular weight is 238 g/mol. The maximum atomic E-state index is 10.6. The van der Waals surface area contributed by atoms with Crippen molar-refractivity contribution >= 4 is 0 Å². The second-order valence-corrected chi connectivity index (χ2v) is 7.80. The summed E-state index contributed by atoms with van der Waals surface area (Å²) in [6, 6.07) is 0. The summed E-state index contributed by atoms with van der Waals surface area (Å²) in [5, 5.41) is 21.3. The zero-order valence-electron chi connectivity index (χ0n) is 11.5. The van der Waals surface area contributed by atoms with Crippen LogP contribution in [0.4, 0.5) is 0 Å². The quantitative estimate of drug-likeness (QED) is 0.681. The van der Waals surface area contributed by atoms with E-state index in [-0.39, 0.29) is 16.9 Å². The van der Waals surface area contributed by atoms with Crippen LogP contribution < -0.4 is 0 Å². The minimum absolute atomic E-state index is 0.108. The molecule has 0 heterocycles. The predicted molar refractivity (Wildman–Crippen MR) is 67.5 cm³/mol. The lowest BCUT2D eigenvalue weighted by atomic mass is 9.62. The minimum Gasteiger partial charge on any atom is -0.392 e. The number of fused-ring (bicyclic) bond motifs is 1. The molecule has 6 atom stereocenters. The summed E-state index contributed by atoms with van der Waals surface area (Å²) in [5.41, 5.74) is -0.402. The van der Waals surface area contributed by atoms with Crippen molar-refractivity contribution in [3.63, 3.8) is 0 Å². The molecule has 0 radical (unpaired) electrons. The van der Waals surface area contributed by atoms with Gasteiger partial charge in [0.05, 0.1) is 11.7 Å². The predicted octanol–water partition coefficient (Wildman–Crippen LogP) is 2.58. The molecule has 0 aliphatic heterocycles. The minimum atomic E-state index is -0.682. The Morgan fingerprint density at radius 3 is 2.29 bits per heavy atom. The number of rotatable bonds is 0. The van der Waals surface area contributed by atoms with E-state index in [1.54, 1.807) is 0 Å². The van der Waals surface area contributed by atoms with Gasteiger partial charge in [0.1, 0.15) is 0 Å². The molecule has 2 nitrogen and oxygen atoms in total. The normalized spacial score (nSPS) is 60.4. The Balaban J connectivity index is 2.12. The van der Waals surface area contributed by atoms with Crippen molar-refractivity contribution in [2.75, 3.05) is 0 Å². The Hall–Kier alpha value is -0.0800. The first kappa shape index (κ1) is 12.0. The van der Waals surface area contributed by atoms with E-state index in [1.807, 2.05) is 6.92 Å². The van der Waals surface area contributed by atoms with E-state index < -0.39 is 5.60 Å². The number of hydrogen-bond acceptors (Lipinski definition) is 2. The molecule has 3 aliphatic rings. The molecule has 3 fully saturated rings. The van der Waals surface area contributed by atoms with Gasteiger partial charge in [0, 0.05) is 11.8 Å². The fourth-order valence-corrected chi connectivity index (χ4v) is 6.01. The molecule has 0 aromatic rings. The second kappa shape index (κ2) is 3.08. The SMILES string of the molecule is C[C@@H]1CC[C@H]2C(C)(C)[C@H]3C[C@@]12[C@H](O)C[C@@]3(C)O. The Morgan fingerprint density at radius 2 is 1.65 bits per heavy atom. The summed E-state index contributed by atoms with van der Waals surface area (Å²) in [7, 11) is 0. The van der Waals surface area contributed by atoms with E-state index >= 15 is 0 Å². The highest BCUT2D eigenvalue weighted by Crippen LogP contribution is 2.72. The average Bonchev–Trinajstić information content (AvgIpc) is 2.60. The van der Waals surface area contributed by atoms with Crippen LogP contribution in [-0.2, 0) is 0 Å². The monoisotopic (exact) mass is 238 g/mol. The van der Waals surface area contributed by atoms with Crippen LogP contribution >= 0.6 is 0 Å². The topological polar surface area (TPSA) is 40.5 Å². The molecule has 3 aliphatic carbocycles. The van der Waals surface area contributed by atoms with E-state index in [1.165, 1.54) is 12.8 Å². The van der Waals surface area contributed by atoms with Gasteiger partial charge in [-0.05, 0) is 49.4 Å². The van der Waals surface area contributed by atoms with Crippen LogP contribution in [0.3, 0.4) is 0 Å². The fourth-order valence-electron chi connectivity index (χ4n) is 6.01. The van der Waals surface area contributed by atoms with Crippen molar-refractivity contribution in [2.45, 2.75) is 65.1 Å².